The molecule has 2 aromatic heterocycles. The summed E-state index contributed by atoms with van der Waals surface area (Å²) in [6.45, 7) is 1.97. The molecule has 0 saturated carbocycles. The number of rotatable bonds is 6. The Balaban J connectivity index is 1.50. The van der Waals surface area contributed by atoms with E-state index in [-0.39, 0.29) is 11.9 Å². The molecule has 1 aliphatic heterocycles. The van der Waals surface area contributed by atoms with Crippen LogP contribution in [0.2, 0.25) is 5.02 Å². The van der Waals surface area contributed by atoms with Gasteiger partial charge in [0.2, 0.25) is 5.95 Å². The predicted octanol–water partition coefficient (Wildman–Crippen LogP) is 3.11. The monoisotopic (exact) mass is 455 g/mol. The van der Waals surface area contributed by atoms with Crippen LogP contribution < -0.4 is 15.4 Å². The summed E-state index contributed by atoms with van der Waals surface area (Å²) in [7, 11) is 5.48. The maximum atomic E-state index is 12.7. The van der Waals surface area contributed by atoms with Crippen LogP contribution in [0.15, 0.2) is 36.8 Å². The lowest BCUT2D eigenvalue weighted by molar-refractivity contribution is 0.0916. The van der Waals surface area contributed by atoms with Crippen molar-refractivity contribution in [3.05, 3.63) is 47.4 Å². The fraction of sp³-hybridized carbons (Fsp3) is 0.364. The second kappa shape index (κ2) is 9.54. The Hall–Kier alpha value is -3.17. The van der Waals surface area contributed by atoms with Crippen molar-refractivity contribution in [2.75, 3.05) is 32.6 Å². The van der Waals surface area contributed by atoms with Gasteiger partial charge in [-0.15, -0.1) is 0 Å². The maximum Gasteiger partial charge on any atom is 0.251 e. The van der Waals surface area contributed by atoms with Crippen LogP contribution in [0.3, 0.4) is 0 Å². The summed E-state index contributed by atoms with van der Waals surface area (Å²) in [5.74, 6) is 0.767. The molecule has 1 aromatic carbocycles. The molecule has 1 aliphatic rings. The van der Waals surface area contributed by atoms with E-state index in [9.17, 15) is 4.79 Å². The van der Waals surface area contributed by atoms with Crippen molar-refractivity contribution in [1.82, 2.24) is 30.0 Å². The molecule has 0 spiro atoms. The fourth-order valence-electron chi connectivity index (χ4n) is 3.65. The fourth-order valence-corrected chi connectivity index (χ4v) is 3.85. The number of amides is 1. The number of halogens is 1. The van der Waals surface area contributed by atoms with E-state index in [4.69, 9.17) is 16.3 Å². The SMILES string of the molecule is COc1cc(C(=O)NC2CCN(C)CC2)ccc1Nc1ncc(Cl)c(-c2cnn(C)c2)n1. The Labute approximate surface area is 191 Å². The number of ether oxygens (including phenoxy) is 1. The van der Waals surface area contributed by atoms with Gasteiger partial charge in [-0.1, -0.05) is 11.6 Å². The van der Waals surface area contributed by atoms with Crippen molar-refractivity contribution in [2.24, 2.45) is 7.05 Å². The number of anilines is 2. The van der Waals surface area contributed by atoms with E-state index in [2.05, 4.69) is 37.6 Å². The molecule has 0 radical (unpaired) electrons. The van der Waals surface area contributed by atoms with Gasteiger partial charge in [0.15, 0.2) is 0 Å². The molecule has 0 unspecified atom stereocenters. The zero-order valence-corrected chi connectivity index (χ0v) is 19.1. The van der Waals surface area contributed by atoms with Gasteiger partial charge >= 0.3 is 0 Å². The quantitative estimate of drug-likeness (QED) is 0.589. The Morgan fingerprint density at radius 3 is 2.69 bits per heavy atom. The summed E-state index contributed by atoms with van der Waals surface area (Å²) in [4.78, 5) is 23.8. The number of aryl methyl sites for hydroxylation is 1. The Kier molecular flexibility index (Phi) is 6.57. The summed E-state index contributed by atoms with van der Waals surface area (Å²) in [5, 5.41) is 10.9. The summed E-state index contributed by atoms with van der Waals surface area (Å²) in [6, 6.07) is 5.44. The second-order valence-electron chi connectivity index (χ2n) is 7.88. The van der Waals surface area contributed by atoms with Crippen LogP contribution in [0.5, 0.6) is 5.75 Å². The summed E-state index contributed by atoms with van der Waals surface area (Å²) in [5.41, 5.74) is 2.54. The number of nitrogens with zero attached hydrogens (tertiary/aromatic N) is 5. The highest BCUT2D eigenvalue weighted by atomic mass is 35.5. The van der Waals surface area contributed by atoms with Crippen LogP contribution in [-0.2, 0) is 7.05 Å². The van der Waals surface area contributed by atoms with E-state index in [1.807, 2.05) is 13.2 Å². The van der Waals surface area contributed by atoms with Crippen molar-refractivity contribution in [2.45, 2.75) is 18.9 Å². The predicted molar refractivity (Wildman–Crippen MR) is 124 cm³/mol. The first kappa shape index (κ1) is 22.0. The van der Waals surface area contributed by atoms with Crippen molar-refractivity contribution >= 4 is 29.1 Å². The van der Waals surface area contributed by atoms with Gasteiger partial charge in [0.05, 0.1) is 35.9 Å². The summed E-state index contributed by atoms with van der Waals surface area (Å²) >= 11 is 6.28. The molecular weight excluding hydrogens is 430 g/mol. The normalized spacial score (nSPS) is 14.9. The van der Waals surface area contributed by atoms with Crippen LogP contribution >= 0.6 is 11.6 Å². The molecule has 0 aliphatic carbocycles. The maximum absolute atomic E-state index is 12.7. The number of carbonyl (C=O) groups excluding carboxylic acids is 1. The largest absolute Gasteiger partial charge is 0.495 e. The Morgan fingerprint density at radius 1 is 1.22 bits per heavy atom. The van der Waals surface area contributed by atoms with Gasteiger partial charge in [-0.3, -0.25) is 9.48 Å². The van der Waals surface area contributed by atoms with Crippen LogP contribution in [-0.4, -0.2) is 63.8 Å². The summed E-state index contributed by atoms with van der Waals surface area (Å²) in [6.07, 6.45) is 6.96. The van der Waals surface area contributed by atoms with Gasteiger partial charge in [-0.25, -0.2) is 9.97 Å². The highest BCUT2D eigenvalue weighted by molar-refractivity contribution is 6.32. The molecule has 2 N–H and O–H groups in total. The molecule has 1 fully saturated rings. The van der Waals surface area contributed by atoms with Crippen LogP contribution in [0, 0.1) is 0 Å². The molecule has 9 nitrogen and oxygen atoms in total. The zero-order chi connectivity index (χ0) is 22.7. The lowest BCUT2D eigenvalue weighted by Gasteiger charge is -2.29. The lowest BCUT2D eigenvalue weighted by atomic mass is 10.0. The number of benzene rings is 1. The third-order valence-electron chi connectivity index (χ3n) is 5.49. The van der Waals surface area contributed by atoms with Gasteiger partial charge in [0.1, 0.15) is 5.75 Å². The Bertz CT molecular complexity index is 1110. The highest BCUT2D eigenvalue weighted by Crippen LogP contribution is 2.30. The standard InChI is InChI=1S/C22H26ClN7O2/c1-29-8-6-16(7-9-29)26-21(31)14-4-5-18(19(10-14)32-3)27-22-24-12-17(23)20(28-22)15-11-25-30(2)13-15/h4-5,10-13,16H,6-9H2,1-3H3,(H,26,31)(H,24,27,28). The van der Waals surface area contributed by atoms with Gasteiger partial charge in [-0.05, 0) is 51.2 Å². The molecule has 3 aromatic rings. The average Bonchev–Trinajstić information content (AvgIpc) is 3.22. The average molecular weight is 456 g/mol. The number of methoxy groups -OCH3 is 1. The van der Waals surface area contributed by atoms with Crippen molar-refractivity contribution < 1.29 is 9.53 Å². The molecule has 3 heterocycles. The number of carbonyl (C=O) groups is 1. The highest BCUT2D eigenvalue weighted by Gasteiger charge is 2.20. The summed E-state index contributed by atoms with van der Waals surface area (Å²) < 4.78 is 7.19. The molecule has 0 atom stereocenters. The third kappa shape index (κ3) is 5.00. The smallest absolute Gasteiger partial charge is 0.251 e. The topological polar surface area (TPSA) is 97.2 Å². The van der Waals surface area contributed by atoms with E-state index in [1.54, 1.807) is 36.2 Å². The Morgan fingerprint density at radius 2 is 2.00 bits per heavy atom. The number of nitrogens with one attached hydrogen (secondary N) is 2. The minimum absolute atomic E-state index is 0.106. The molecule has 0 bridgehead atoms. The van der Waals surface area contributed by atoms with Gasteiger partial charge in [0.25, 0.3) is 5.91 Å². The van der Waals surface area contributed by atoms with Crippen LogP contribution in [0.1, 0.15) is 23.2 Å². The first-order valence-corrected chi connectivity index (χ1v) is 10.8. The van der Waals surface area contributed by atoms with Gasteiger partial charge in [-0.2, -0.15) is 5.10 Å². The minimum Gasteiger partial charge on any atom is -0.495 e. The number of hydrogen-bond acceptors (Lipinski definition) is 7. The minimum atomic E-state index is -0.106. The number of likely N-dealkylation sites (tertiary alicyclic amines) is 1. The molecule has 32 heavy (non-hydrogen) atoms. The number of hydrogen-bond donors (Lipinski definition) is 2. The molecule has 1 amide bonds. The van der Waals surface area contributed by atoms with Gasteiger partial charge < -0.3 is 20.3 Å². The van der Waals surface area contributed by atoms with E-state index in [0.717, 1.165) is 31.5 Å². The van der Waals surface area contributed by atoms with Gasteiger partial charge in [0, 0.05) is 30.4 Å². The van der Waals surface area contributed by atoms with E-state index in [1.165, 1.54) is 6.20 Å². The number of aromatic nitrogens is 4. The van der Waals surface area contributed by atoms with Crippen LogP contribution in [0.4, 0.5) is 11.6 Å². The second-order valence-corrected chi connectivity index (χ2v) is 8.29. The van der Waals surface area contributed by atoms with E-state index < -0.39 is 0 Å². The molecular formula is C22H26ClN7O2. The third-order valence-corrected chi connectivity index (χ3v) is 5.76. The van der Waals surface area contributed by atoms with Crippen LogP contribution in [0.25, 0.3) is 11.3 Å². The van der Waals surface area contributed by atoms with Crippen molar-refractivity contribution in [1.29, 1.82) is 0 Å². The van der Waals surface area contributed by atoms with Crippen molar-refractivity contribution in [3.63, 3.8) is 0 Å². The first-order valence-electron chi connectivity index (χ1n) is 10.4. The lowest BCUT2D eigenvalue weighted by Crippen LogP contribution is -2.43. The zero-order valence-electron chi connectivity index (χ0n) is 18.3. The molecule has 168 valence electrons. The van der Waals surface area contributed by atoms with Crippen molar-refractivity contribution in [3.8, 4) is 17.0 Å². The molecule has 1 saturated heterocycles. The molecule has 10 heteroatoms. The number of piperidine rings is 1. The molecule has 4 rings (SSSR count). The van der Waals surface area contributed by atoms with E-state index >= 15 is 0 Å². The first-order chi connectivity index (χ1) is 15.4. The van der Waals surface area contributed by atoms with E-state index in [0.29, 0.717) is 33.7 Å².